The summed E-state index contributed by atoms with van der Waals surface area (Å²) in [6.45, 7) is 9.81. The Morgan fingerprint density at radius 3 is 2.20 bits per heavy atom. The Labute approximate surface area is 176 Å². The predicted octanol–water partition coefficient (Wildman–Crippen LogP) is 0.220. The van der Waals surface area contributed by atoms with Crippen molar-refractivity contribution in [1.82, 2.24) is 0 Å². The Kier molecular flexibility index (Phi) is 3.46. The van der Waals surface area contributed by atoms with Crippen LogP contribution in [0.15, 0.2) is 0 Å². The molecule has 30 heavy (non-hydrogen) atoms. The highest BCUT2D eigenvalue weighted by molar-refractivity contribution is 5.67. The van der Waals surface area contributed by atoms with Gasteiger partial charge >= 0.3 is 5.97 Å². The number of carbonyl (C=O) groups is 1. The molecular formula is C22H34O8. The Hall–Kier alpha value is -0.770. The van der Waals surface area contributed by atoms with E-state index in [1.54, 1.807) is 20.8 Å². The lowest BCUT2D eigenvalue weighted by molar-refractivity contribution is -0.390. The normalized spacial score (nSPS) is 65.3. The first-order chi connectivity index (χ1) is 13.5. The van der Waals surface area contributed by atoms with Crippen molar-refractivity contribution in [3.63, 3.8) is 0 Å². The van der Waals surface area contributed by atoms with Gasteiger partial charge in [0.1, 0.15) is 22.9 Å². The van der Waals surface area contributed by atoms with Crippen LogP contribution in [0.1, 0.15) is 67.2 Å². The quantitative estimate of drug-likeness (QED) is 0.396. The summed E-state index contributed by atoms with van der Waals surface area (Å²) < 4.78 is 12.0. The molecule has 0 aromatic heterocycles. The van der Waals surface area contributed by atoms with Gasteiger partial charge in [0.15, 0.2) is 11.4 Å². The van der Waals surface area contributed by atoms with Crippen molar-refractivity contribution in [3.05, 3.63) is 0 Å². The fourth-order valence-corrected chi connectivity index (χ4v) is 8.99. The van der Waals surface area contributed by atoms with Gasteiger partial charge in [-0.15, -0.1) is 0 Å². The zero-order valence-electron chi connectivity index (χ0n) is 18.5. The number of hydrogen-bond donors (Lipinski definition) is 5. The molecule has 0 amide bonds. The number of carbonyl (C=O) groups excluding carboxylic acids is 1. The molecule has 1 spiro atoms. The molecule has 4 saturated carbocycles. The minimum atomic E-state index is -2.25. The van der Waals surface area contributed by atoms with E-state index in [0.717, 1.165) is 0 Å². The lowest BCUT2D eigenvalue weighted by Gasteiger charge is -2.61. The van der Waals surface area contributed by atoms with Gasteiger partial charge in [-0.2, -0.15) is 0 Å². The molecule has 8 nitrogen and oxygen atoms in total. The summed E-state index contributed by atoms with van der Waals surface area (Å²) in [7, 11) is 0. The highest BCUT2D eigenvalue weighted by Gasteiger charge is 3.07. The van der Waals surface area contributed by atoms with E-state index in [1.807, 2.05) is 6.92 Å². The minimum Gasteiger partial charge on any atom is -0.459 e. The third-order valence-corrected chi connectivity index (χ3v) is 10.5. The van der Waals surface area contributed by atoms with E-state index >= 15 is 0 Å². The molecule has 2 saturated heterocycles. The minimum absolute atomic E-state index is 0.149. The molecule has 4 aliphatic carbocycles. The maximum atomic E-state index is 12.6. The standard InChI is InChI=1S/C22H34O8/c1-11(2)17(24)10-19(26)15(5)9-20(27)16(17,6)22(19,28)21(30-20)14(29-13(4)23)12(3)7-8-18(15,21)25/h11-12,14,24-28H,7-10H2,1-6H3/t12-,14+,15-,16-,17-,18-,19+,20?,21+,22+/m0/s1. The topological polar surface area (TPSA) is 137 Å². The van der Waals surface area contributed by atoms with Crippen molar-refractivity contribution in [2.45, 2.75) is 107 Å². The molecule has 1 unspecified atom stereocenters. The van der Waals surface area contributed by atoms with E-state index in [1.165, 1.54) is 13.8 Å². The lowest BCUT2D eigenvalue weighted by atomic mass is 9.52. The summed E-state index contributed by atoms with van der Waals surface area (Å²) in [5.74, 6) is -3.37. The van der Waals surface area contributed by atoms with Crippen LogP contribution in [0.5, 0.6) is 0 Å². The highest BCUT2D eigenvalue weighted by atomic mass is 16.7. The van der Waals surface area contributed by atoms with Gasteiger partial charge in [-0.25, -0.2) is 0 Å². The van der Waals surface area contributed by atoms with Crippen LogP contribution >= 0.6 is 0 Å². The van der Waals surface area contributed by atoms with E-state index in [0.29, 0.717) is 6.42 Å². The SMILES string of the molecule is CC(=O)O[C@@H]1[C@@H](C)CC[C@]2(O)[C@]3(C)CC4(O)O[C@]12[C@]1(O)[C@@]3(O)C[C@](O)(C(C)C)[C@@]41C. The summed E-state index contributed by atoms with van der Waals surface area (Å²) in [6, 6.07) is 0. The van der Waals surface area contributed by atoms with Gasteiger partial charge in [0.2, 0.25) is 0 Å². The van der Waals surface area contributed by atoms with Crippen molar-refractivity contribution in [1.29, 1.82) is 0 Å². The molecular weight excluding hydrogens is 392 g/mol. The van der Waals surface area contributed by atoms with Gasteiger partial charge in [-0.3, -0.25) is 4.79 Å². The number of aliphatic hydroxyl groups is 5. The van der Waals surface area contributed by atoms with Crippen LogP contribution < -0.4 is 0 Å². The third-order valence-electron chi connectivity index (χ3n) is 10.5. The number of ether oxygens (including phenoxy) is 2. The molecule has 6 bridgehead atoms. The van der Waals surface area contributed by atoms with E-state index in [9.17, 15) is 30.3 Å². The van der Waals surface area contributed by atoms with E-state index in [-0.39, 0.29) is 25.2 Å². The Bertz CT molecular complexity index is 862. The van der Waals surface area contributed by atoms with Crippen LogP contribution in [0.2, 0.25) is 0 Å². The Morgan fingerprint density at radius 1 is 1.07 bits per heavy atom. The van der Waals surface area contributed by atoms with Crippen LogP contribution in [0, 0.1) is 22.7 Å². The molecule has 0 radical (unpaired) electrons. The first-order valence-electron chi connectivity index (χ1n) is 11.0. The van der Waals surface area contributed by atoms with Crippen LogP contribution in [0.4, 0.5) is 0 Å². The monoisotopic (exact) mass is 426 g/mol. The molecule has 6 aliphatic rings. The molecule has 2 heterocycles. The molecule has 0 aromatic carbocycles. The zero-order chi connectivity index (χ0) is 22.6. The molecule has 6 fully saturated rings. The van der Waals surface area contributed by atoms with E-state index in [2.05, 4.69) is 0 Å². The molecule has 6 rings (SSSR count). The molecule has 10 atom stereocenters. The van der Waals surface area contributed by atoms with Crippen LogP contribution in [-0.2, 0) is 14.3 Å². The predicted molar refractivity (Wildman–Crippen MR) is 103 cm³/mol. The maximum Gasteiger partial charge on any atom is 0.303 e. The average molecular weight is 427 g/mol. The Morgan fingerprint density at radius 2 is 1.67 bits per heavy atom. The summed E-state index contributed by atoms with van der Waals surface area (Å²) in [5, 5.41) is 60.8. The average Bonchev–Trinajstić information content (AvgIpc) is 2.87. The molecule has 0 aromatic rings. The molecule has 8 heteroatoms. The number of esters is 1. The summed E-state index contributed by atoms with van der Waals surface area (Å²) in [5.41, 5.74) is -12.8. The summed E-state index contributed by atoms with van der Waals surface area (Å²) in [6.07, 6.45) is -0.776. The lowest BCUT2D eigenvalue weighted by Crippen LogP contribution is -2.75. The van der Waals surface area contributed by atoms with Gasteiger partial charge in [-0.1, -0.05) is 27.7 Å². The zero-order valence-corrected chi connectivity index (χ0v) is 18.5. The third kappa shape index (κ3) is 1.41. The largest absolute Gasteiger partial charge is 0.459 e. The van der Waals surface area contributed by atoms with Crippen molar-refractivity contribution >= 4 is 5.97 Å². The first-order valence-corrected chi connectivity index (χ1v) is 11.0. The fourth-order valence-electron chi connectivity index (χ4n) is 8.99. The molecule has 170 valence electrons. The van der Waals surface area contributed by atoms with Gasteiger partial charge in [-0.05, 0) is 31.6 Å². The van der Waals surface area contributed by atoms with Gasteiger partial charge in [0.05, 0.1) is 11.0 Å². The van der Waals surface area contributed by atoms with E-state index < -0.39 is 62.6 Å². The van der Waals surface area contributed by atoms with E-state index in [4.69, 9.17) is 9.47 Å². The first kappa shape index (κ1) is 21.1. The van der Waals surface area contributed by atoms with Crippen molar-refractivity contribution in [2.24, 2.45) is 22.7 Å². The molecule has 5 N–H and O–H groups in total. The maximum absolute atomic E-state index is 12.6. The van der Waals surface area contributed by atoms with Crippen molar-refractivity contribution in [2.75, 3.05) is 0 Å². The van der Waals surface area contributed by atoms with Crippen LogP contribution in [-0.4, -0.2) is 71.4 Å². The number of hydrogen-bond acceptors (Lipinski definition) is 8. The van der Waals surface area contributed by atoms with Crippen LogP contribution in [0.25, 0.3) is 0 Å². The summed E-state index contributed by atoms with van der Waals surface area (Å²) >= 11 is 0. The van der Waals surface area contributed by atoms with Gasteiger partial charge in [0.25, 0.3) is 0 Å². The van der Waals surface area contributed by atoms with Gasteiger partial charge in [0, 0.05) is 25.2 Å². The Balaban J connectivity index is 1.91. The van der Waals surface area contributed by atoms with Crippen molar-refractivity contribution in [3.8, 4) is 0 Å². The number of rotatable bonds is 2. The molecule has 2 aliphatic heterocycles. The highest BCUT2D eigenvalue weighted by Crippen LogP contribution is 2.90. The van der Waals surface area contributed by atoms with Crippen molar-refractivity contribution < 1.29 is 39.8 Å². The fraction of sp³-hybridized carbons (Fsp3) is 0.955. The smallest absolute Gasteiger partial charge is 0.303 e. The second-order valence-electron chi connectivity index (χ2n) is 11.5. The second-order valence-corrected chi connectivity index (χ2v) is 11.5. The second kappa shape index (κ2) is 4.92. The summed E-state index contributed by atoms with van der Waals surface area (Å²) in [4.78, 5) is 12.1. The van der Waals surface area contributed by atoms with Gasteiger partial charge < -0.3 is 35.0 Å². The van der Waals surface area contributed by atoms with Crippen LogP contribution in [0.3, 0.4) is 0 Å².